The minimum atomic E-state index is -0.106. The molecule has 1 nitrogen and oxygen atoms in total. The summed E-state index contributed by atoms with van der Waals surface area (Å²) in [5.41, 5.74) is 7.27. The van der Waals surface area contributed by atoms with Crippen molar-refractivity contribution in [3.8, 4) is 0 Å². The van der Waals surface area contributed by atoms with Crippen molar-refractivity contribution in [1.29, 1.82) is 0 Å². The first kappa shape index (κ1) is 11.2. The zero-order valence-electron chi connectivity index (χ0n) is 5.69. The summed E-state index contributed by atoms with van der Waals surface area (Å²) in [7, 11) is 9.63. The summed E-state index contributed by atoms with van der Waals surface area (Å²) in [6.07, 6.45) is 6.28. The maximum Gasteiger partial charge on any atom is -0.0534 e. The summed E-state index contributed by atoms with van der Waals surface area (Å²) in [5, 5.41) is 0. The zero-order chi connectivity index (χ0) is 7.82. The predicted molar refractivity (Wildman–Crippen MR) is 42.9 cm³/mol. The predicted octanol–water partition coefficient (Wildman–Crippen LogP) is 3.75. The van der Waals surface area contributed by atoms with Crippen molar-refractivity contribution in [1.82, 2.24) is 0 Å². The number of nitrogens with one attached hydrogen (secondary N) is 1. The van der Waals surface area contributed by atoms with Gasteiger partial charge in [0.15, 0.2) is 0 Å². The molecule has 0 radical (unpaired) electrons. The van der Waals surface area contributed by atoms with Crippen molar-refractivity contribution in [2.45, 2.75) is 38.1 Å². The van der Waals surface area contributed by atoms with E-state index >= 15 is 0 Å². The quantitative estimate of drug-likeness (QED) is 0.601. The minimum absolute atomic E-state index is 0.106. The molecule has 0 aromatic carbocycles. The Morgan fingerprint density at radius 3 is 1.70 bits per heavy atom. The molecule has 0 aromatic rings. The zero-order valence-corrected chi connectivity index (χ0v) is 8.75. The van der Waals surface area contributed by atoms with E-state index in [1.54, 1.807) is 0 Å². The van der Waals surface area contributed by atoms with Gasteiger partial charge in [0.25, 0.3) is 0 Å². The Labute approximate surface area is 78.7 Å². The molecular weight excluding hydrogens is 263 g/mol. The molecule has 1 fully saturated rings. The molecule has 1 N–H and O–H groups in total. The van der Waals surface area contributed by atoms with E-state index in [2.05, 4.69) is 0 Å². The molecule has 0 amide bonds. The van der Waals surface area contributed by atoms with Crippen LogP contribution in [0.2, 0.25) is 0 Å². The first-order valence-corrected chi connectivity index (χ1v) is 7.35. The molecule has 0 saturated heterocycles. The second-order valence-corrected chi connectivity index (χ2v) is 4.74. The van der Waals surface area contributed by atoms with E-state index in [0.717, 1.165) is 12.8 Å². The average molecular weight is 275 g/mol. The summed E-state index contributed by atoms with van der Waals surface area (Å²) in [5.74, 6) is 0. The molecule has 0 aliphatic heterocycles. The Bertz CT molecular complexity index is 66.8. The monoisotopic (exact) mass is 274 g/mol. The SMILES string of the molecule is [Cl][Pd][Cl].[NH-]C1CCCCC1. The maximum absolute atomic E-state index is 7.27. The van der Waals surface area contributed by atoms with Crippen LogP contribution in [0.5, 0.6) is 0 Å². The van der Waals surface area contributed by atoms with Gasteiger partial charge in [0.1, 0.15) is 0 Å². The van der Waals surface area contributed by atoms with Gasteiger partial charge >= 0.3 is 35.0 Å². The Morgan fingerprint density at radius 2 is 1.50 bits per heavy atom. The molecule has 1 aliphatic carbocycles. The third-order valence-electron chi connectivity index (χ3n) is 1.61. The number of hydrogen-bond donors (Lipinski definition) is 0. The van der Waals surface area contributed by atoms with E-state index in [1.165, 1.54) is 19.3 Å². The number of rotatable bonds is 0. The van der Waals surface area contributed by atoms with E-state index in [4.69, 9.17) is 24.8 Å². The number of halogens is 2. The largest absolute Gasteiger partial charge is 0.675 e. The third kappa shape index (κ3) is 7.31. The first-order chi connectivity index (χ1) is 4.81. The van der Waals surface area contributed by atoms with Crippen LogP contribution in [0.1, 0.15) is 32.1 Å². The van der Waals surface area contributed by atoms with E-state index in [1.807, 2.05) is 0 Å². The summed E-state index contributed by atoms with van der Waals surface area (Å²) < 4.78 is 0. The fourth-order valence-electron chi connectivity index (χ4n) is 1.10. The average Bonchev–Trinajstić information content (AvgIpc) is 1.91. The third-order valence-corrected chi connectivity index (χ3v) is 1.61. The van der Waals surface area contributed by atoms with Gasteiger partial charge in [0.05, 0.1) is 0 Å². The standard InChI is InChI=1S/C6H12N.2ClH.Pd/c7-6-4-2-1-3-5-6;;;/h6-7H,1-5H2;2*1H;/q-1;;;+2/p-2. The molecule has 1 aliphatic rings. The van der Waals surface area contributed by atoms with Crippen LogP contribution in [0.3, 0.4) is 0 Å². The fourth-order valence-corrected chi connectivity index (χ4v) is 1.10. The van der Waals surface area contributed by atoms with Crippen molar-refractivity contribution in [2.75, 3.05) is 0 Å². The van der Waals surface area contributed by atoms with Crippen LogP contribution in [0.4, 0.5) is 0 Å². The van der Waals surface area contributed by atoms with Crippen LogP contribution < -0.4 is 0 Å². The Morgan fingerprint density at radius 1 is 1.10 bits per heavy atom. The fraction of sp³-hybridized carbons (Fsp3) is 1.00. The van der Waals surface area contributed by atoms with Crippen LogP contribution >= 0.6 is 19.1 Å². The Kier molecular flexibility index (Phi) is 9.30. The molecule has 66 valence electrons. The molecule has 0 aromatic heterocycles. The van der Waals surface area contributed by atoms with Crippen LogP contribution in [-0.2, 0) is 15.9 Å². The summed E-state index contributed by atoms with van der Waals surface area (Å²) in [6.45, 7) is 0. The van der Waals surface area contributed by atoms with Gasteiger partial charge in [-0.1, -0.05) is 32.1 Å². The van der Waals surface area contributed by atoms with Crippen LogP contribution in [-0.4, -0.2) is 6.04 Å². The maximum atomic E-state index is 7.27. The van der Waals surface area contributed by atoms with Gasteiger partial charge in [-0.2, -0.15) is 0 Å². The molecule has 0 heterocycles. The second-order valence-electron chi connectivity index (χ2n) is 2.38. The van der Waals surface area contributed by atoms with Crippen LogP contribution in [0, 0.1) is 0 Å². The van der Waals surface area contributed by atoms with Crippen molar-refractivity contribution < 1.29 is 15.9 Å². The van der Waals surface area contributed by atoms with Crippen molar-refractivity contribution >= 4 is 19.1 Å². The second kappa shape index (κ2) is 8.30. The van der Waals surface area contributed by atoms with Crippen molar-refractivity contribution in [2.24, 2.45) is 0 Å². The van der Waals surface area contributed by atoms with Crippen molar-refractivity contribution in [3.05, 3.63) is 5.73 Å². The van der Waals surface area contributed by atoms with Crippen molar-refractivity contribution in [3.63, 3.8) is 0 Å². The molecule has 0 unspecified atom stereocenters. The molecule has 1 rings (SSSR count). The van der Waals surface area contributed by atoms with Gasteiger partial charge in [-0.15, -0.1) is 6.04 Å². The molecule has 0 spiro atoms. The van der Waals surface area contributed by atoms with Gasteiger partial charge in [-0.3, -0.25) is 0 Å². The van der Waals surface area contributed by atoms with Gasteiger partial charge in [-0.05, 0) is 0 Å². The molecule has 1 saturated carbocycles. The minimum Gasteiger partial charge on any atom is -0.675 e. The van der Waals surface area contributed by atoms with E-state index < -0.39 is 0 Å². The number of hydrogen-bond acceptors (Lipinski definition) is 0. The Hall–Kier alpha value is 1.20. The van der Waals surface area contributed by atoms with Gasteiger partial charge in [0.2, 0.25) is 0 Å². The van der Waals surface area contributed by atoms with E-state index in [-0.39, 0.29) is 22.0 Å². The topological polar surface area (TPSA) is 23.8 Å². The van der Waals surface area contributed by atoms with Gasteiger partial charge < -0.3 is 5.73 Å². The molecule has 0 bridgehead atoms. The van der Waals surface area contributed by atoms with E-state index in [9.17, 15) is 0 Å². The smallest absolute Gasteiger partial charge is 0.0534 e. The first-order valence-electron chi connectivity index (χ1n) is 3.34. The molecule has 10 heavy (non-hydrogen) atoms. The van der Waals surface area contributed by atoms with Gasteiger partial charge in [-0.25, -0.2) is 0 Å². The van der Waals surface area contributed by atoms with Crippen LogP contribution in [0.25, 0.3) is 5.73 Å². The molecule has 0 atom stereocenters. The molecule has 4 heteroatoms. The normalized spacial score (nSPS) is 19.9. The molecular formula is C6H12Cl2NPd-. The summed E-state index contributed by atoms with van der Waals surface area (Å²) in [4.78, 5) is 0. The summed E-state index contributed by atoms with van der Waals surface area (Å²) in [6, 6.07) is 0.286. The van der Waals surface area contributed by atoms with E-state index in [0.29, 0.717) is 0 Å². The van der Waals surface area contributed by atoms with Gasteiger partial charge in [0, 0.05) is 0 Å². The Balaban J connectivity index is 0.000000236. The van der Waals surface area contributed by atoms with Crippen LogP contribution in [0.15, 0.2) is 0 Å². The summed E-state index contributed by atoms with van der Waals surface area (Å²) >= 11 is -0.106.